The van der Waals surface area contributed by atoms with E-state index in [0.717, 1.165) is 12.8 Å². The molecular formula is C14H24N4O4. The summed E-state index contributed by atoms with van der Waals surface area (Å²) in [6, 6.07) is -0.749. The van der Waals surface area contributed by atoms with Gasteiger partial charge in [0.05, 0.1) is 6.61 Å². The first-order valence-corrected chi connectivity index (χ1v) is 7.79. The molecular weight excluding hydrogens is 288 g/mol. The summed E-state index contributed by atoms with van der Waals surface area (Å²) < 4.78 is 0. The number of hydrogen-bond donors (Lipinski definition) is 3. The molecule has 0 aromatic rings. The molecule has 0 aromatic heterocycles. The lowest BCUT2D eigenvalue weighted by Crippen LogP contribution is -2.74. The Labute approximate surface area is 129 Å². The van der Waals surface area contributed by atoms with E-state index in [9.17, 15) is 14.4 Å². The van der Waals surface area contributed by atoms with Crippen molar-refractivity contribution in [3.63, 3.8) is 0 Å². The molecule has 3 N–H and O–H groups in total. The smallest absolute Gasteiger partial charge is 0.328 e. The van der Waals surface area contributed by atoms with Crippen molar-refractivity contribution in [2.75, 3.05) is 39.3 Å². The monoisotopic (exact) mass is 312 g/mol. The molecule has 0 spiro atoms. The maximum Gasteiger partial charge on any atom is 0.328 e. The molecule has 0 radical (unpaired) electrons. The van der Waals surface area contributed by atoms with Crippen LogP contribution in [0.1, 0.15) is 26.2 Å². The largest absolute Gasteiger partial charge is 0.395 e. The summed E-state index contributed by atoms with van der Waals surface area (Å²) in [4.78, 5) is 40.2. The Bertz CT molecular complexity index is 426. The van der Waals surface area contributed by atoms with Crippen LogP contribution in [0.2, 0.25) is 0 Å². The minimum absolute atomic E-state index is 0.0937. The number of aliphatic hydroxyl groups excluding tert-OH is 1. The molecule has 0 atom stereocenters. The number of β-amino-alcohol motifs (C(OH)–C–C–N with tert-alkyl or cyclic N) is 1. The van der Waals surface area contributed by atoms with Crippen molar-refractivity contribution in [1.29, 1.82) is 0 Å². The van der Waals surface area contributed by atoms with Gasteiger partial charge in [0.1, 0.15) is 0 Å². The molecule has 0 bridgehead atoms. The van der Waals surface area contributed by atoms with Gasteiger partial charge in [0.2, 0.25) is 0 Å². The van der Waals surface area contributed by atoms with E-state index in [-0.39, 0.29) is 6.61 Å². The third-order valence-corrected chi connectivity index (χ3v) is 4.43. The highest BCUT2D eigenvalue weighted by molar-refractivity contribution is 6.22. The molecule has 0 aliphatic carbocycles. The molecule has 2 saturated heterocycles. The van der Waals surface area contributed by atoms with Gasteiger partial charge >= 0.3 is 6.03 Å². The lowest BCUT2D eigenvalue weighted by molar-refractivity contribution is -0.150. The van der Waals surface area contributed by atoms with E-state index in [1.54, 1.807) is 0 Å². The molecule has 2 rings (SSSR count). The number of carbonyl (C=O) groups is 3. The molecule has 8 heteroatoms. The van der Waals surface area contributed by atoms with Crippen LogP contribution in [0.4, 0.5) is 4.79 Å². The standard InChI is InChI=1S/C14H24N4O4/c1-2-3-4-14(11(20)15-13(22)16-12(14)21)18-7-5-17(6-8-18)9-10-19/h19H,2-10H2,1H3,(H2,15,16,20,21,22). The minimum atomic E-state index is -1.30. The fourth-order valence-corrected chi connectivity index (χ4v) is 3.15. The maximum atomic E-state index is 12.5. The number of aliphatic hydroxyl groups is 1. The van der Waals surface area contributed by atoms with Gasteiger partial charge < -0.3 is 5.11 Å². The average molecular weight is 312 g/mol. The number of amides is 4. The van der Waals surface area contributed by atoms with E-state index < -0.39 is 23.4 Å². The molecule has 2 aliphatic heterocycles. The van der Waals surface area contributed by atoms with Crippen molar-refractivity contribution < 1.29 is 19.5 Å². The van der Waals surface area contributed by atoms with Crippen LogP contribution < -0.4 is 10.6 Å². The summed E-state index contributed by atoms with van der Waals surface area (Å²) in [5.41, 5.74) is -1.30. The van der Waals surface area contributed by atoms with E-state index in [1.807, 2.05) is 11.8 Å². The van der Waals surface area contributed by atoms with Crippen molar-refractivity contribution in [3.8, 4) is 0 Å². The Hall–Kier alpha value is -1.51. The Kier molecular flexibility index (Phi) is 5.49. The van der Waals surface area contributed by atoms with Crippen LogP contribution >= 0.6 is 0 Å². The molecule has 2 fully saturated rings. The number of piperazine rings is 1. The zero-order valence-corrected chi connectivity index (χ0v) is 12.9. The number of nitrogens with one attached hydrogen (secondary N) is 2. The number of hydrogen-bond acceptors (Lipinski definition) is 6. The molecule has 0 unspecified atom stereocenters. The summed E-state index contributed by atoms with van der Waals surface area (Å²) in [5, 5.41) is 13.5. The van der Waals surface area contributed by atoms with E-state index >= 15 is 0 Å². The zero-order valence-electron chi connectivity index (χ0n) is 12.9. The molecule has 0 saturated carbocycles. The first-order valence-electron chi connectivity index (χ1n) is 7.79. The van der Waals surface area contributed by atoms with Crippen molar-refractivity contribution in [3.05, 3.63) is 0 Å². The number of rotatable bonds is 6. The summed E-state index contributed by atoms with van der Waals surface area (Å²) >= 11 is 0. The third kappa shape index (κ3) is 3.13. The number of barbiturate groups is 1. The second kappa shape index (κ2) is 7.17. The van der Waals surface area contributed by atoms with Crippen molar-refractivity contribution >= 4 is 17.8 Å². The van der Waals surface area contributed by atoms with Gasteiger partial charge in [-0.05, 0) is 6.42 Å². The first kappa shape index (κ1) is 16.9. The molecule has 124 valence electrons. The number of unbranched alkanes of at least 4 members (excludes halogenated alkanes) is 1. The van der Waals surface area contributed by atoms with Crippen LogP contribution in [-0.4, -0.2) is 77.6 Å². The highest BCUT2D eigenvalue weighted by atomic mass is 16.3. The van der Waals surface area contributed by atoms with Crippen LogP contribution in [0.3, 0.4) is 0 Å². The van der Waals surface area contributed by atoms with Crippen LogP contribution in [-0.2, 0) is 9.59 Å². The molecule has 22 heavy (non-hydrogen) atoms. The SMILES string of the molecule is CCCCC1(N2CCN(CCO)CC2)C(=O)NC(=O)NC1=O. The Morgan fingerprint density at radius 3 is 2.18 bits per heavy atom. The average Bonchev–Trinajstić information content (AvgIpc) is 2.48. The Balaban J connectivity index is 2.17. The number of imide groups is 2. The first-order chi connectivity index (χ1) is 10.5. The van der Waals surface area contributed by atoms with Gasteiger partial charge in [0.25, 0.3) is 11.8 Å². The topological polar surface area (TPSA) is 102 Å². The summed E-state index contributed by atoms with van der Waals surface area (Å²) in [7, 11) is 0. The second-order valence-electron chi connectivity index (χ2n) is 5.75. The third-order valence-electron chi connectivity index (χ3n) is 4.43. The fourth-order valence-electron chi connectivity index (χ4n) is 3.15. The molecule has 0 aromatic carbocycles. The van der Waals surface area contributed by atoms with E-state index in [0.29, 0.717) is 39.1 Å². The zero-order chi connectivity index (χ0) is 16.2. The van der Waals surface area contributed by atoms with E-state index in [2.05, 4.69) is 15.5 Å². The Morgan fingerprint density at radius 2 is 1.68 bits per heavy atom. The minimum Gasteiger partial charge on any atom is -0.395 e. The van der Waals surface area contributed by atoms with Gasteiger partial charge in [0.15, 0.2) is 5.54 Å². The maximum absolute atomic E-state index is 12.5. The molecule has 8 nitrogen and oxygen atoms in total. The number of carbonyl (C=O) groups excluding carboxylic acids is 3. The summed E-state index contributed by atoms with van der Waals surface area (Å²) in [5.74, 6) is -1.05. The van der Waals surface area contributed by atoms with Gasteiger partial charge in [-0.2, -0.15) is 0 Å². The van der Waals surface area contributed by atoms with Crippen LogP contribution in [0.25, 0.3) is 0 Å². The van der Waals surface area contributed by atoms with Crippen LogP contribution in [0.15, 0.2) is 0 Å². The quantitative estimate of drug-likeness (QED) is 0.538. The molecule has 4 amide bonds. The highest BCUT2D eigenvalue weighted by Gasteiger charge is 2.54. The van der Waals surface area contributed by atoms with Crippen LogP contribution in [0, 0.1) is 0 Å². The predicted octanol–water partition coefficient (Wildman–Crippen LogP) is -1.11. The van der Waals surface area contributed by atoms with E-state index in [1.165, 1.54) is 0 Å². The van der Waals surface area contributed by atoms with E-state index in [4.69, 9.17) is 5.11 Å². The predicted molar refractivity (Wildman–Crippen MR) is 79.0 cm³/mol. The summed E-state index contributed by atoms with van der Waals surface area (Å²) in [6.45, 7) is 5.16. The van der Waals surface area contributed by atoms with Gasteiger partial charge in [-0.1, -0.05) is 19.8 Å². The lowest BCUT2D eigenvalue weighted by Gasteiger charge is -2.46. The second-order valence-corrected chi connectivity index (χ2v) is 5.75. The highest BCUT2D eigenvalue weighted by Crippen LogP contribution is 2.27. The van der Waals surface area contributed by atoms with Gasteiger partial charge in [-0.3, -0.25) is 30.0 Å². The van der Waals surface area contributed by atoms with Gasteiger partial charge in [-0.25, -0.2) is 4.79 Å². The fraction of sp³-hybridized carbons (Fsp3) is 0.786. The summed E-state index contributed by atoms with van der Waals surface area (Å²) in [6.07, 6.45) is 1.99. The molecule has 2 heterocycles. The number of nitrogens with zero attached hydrogens (tertiary/aromatic N) is 2. The van der Waals surface area contributed by atoms with Gasteiger partial charge in [-0.15, -0.1) is 0 Å². The number of urea groups is 1. The lowest BCUT2D eigenvalue weighted by atomic mass is 9.86. The van der Waals surface area contributed by atoms with Gasteiger partial charge in [0, 0.05) is 32.7 Å². The van der Waals surface area contributed by atoms with Crippen molar-refractivity contribution in [2.24, 2.45) is 0 Å². The van der Waals surface area contributed by atoms with Crippen molar-refractivity contribution in [1.82, 2.24) is 20.4 Å². The Morgan fingerprint density at radius 1 is 1.09 bits per heavy atom. The normalized spacial score (nSPS) is 23.3. The van der Waals surface area contributed by atoms with Crippen LogP contribution in [0.5, 0.6) is 0 Å². The molecule has 2 aliphatic rings. The van der Waals surface area contributed by atoms with Crippen molar-refractivity contribution in [2.45, 2.75) is 31.7 Å².